The standard InChI is InChI=1S/C22H26ClNO2S2/c1-14-5-7-16(8-6-15-11-17(13-27)24-21(23)12-15)19(14)4-2-3-18-9-10-20(28-18)22(25)26/h6,8-12,14,16,19,27H,2-5,7,13H2,1H3,(H,25,26)/b8-6+/t14-,16-,19+/m1/s1. The first-order chi connectivity index (χ1) is 13.5. The normalized spacial score (nSPS) is 22.2. The van der Waals surface area contributed by atoms with Crippen molar-refractivity contribution in [2.45, 2.75) is 44.8 Å². The second-order valence-corrected chi connectivity index (χ2v) is 9.45. The number of aromatic nitrogens is 1. The van der Waals surface area contributed by atoms with Crippen LogP contribution < -0.4 is 0 Å². The van der Waals surface area contributed by atoms with Gasteiger partial charge in [0.05, 0.1) is 5.69 Å². The number of thiophene rings is 1. The number of carbonyl (C=O) groups is 1. The first-order valence-corrected chi connectivity index (χ1v) is 11.6. The molecule has 2 aromatic rings. The third kappa shape index (κ3) is 5.62. The van der Waals surface area contributed by atoms with Gasteiger partial charge in [0.1, 0.15) is 10.0 Å². The van der Waals surface area contributed by atoms with Crippen LogP contribution in [0.15, 0.2) is 30.3 Å². The van der Waals surface area contributed by atoms with E-state index in [2.05, 4.69) is 36.7 Å². The third-order valence-corrected chi connectivity index (χ3v) is 7.29. The summed E-state index contributed by atoms with van der Waals surface area (Å²) in [4.78, 5) is 16.9. The summed E-state index contributed by atoms with van der Waals surface area (Å²) in [6.45, 7) is 2.36. The van der Waals surface area contributed by atoms with E-state index >= 15 is 0 Å². The molecule has 0 spiro atoms. The average molecular weight is 436 g/mol. The van der Waals surface area contributed by atoms with Crippen LogP contribution in [0.3, 0.4) is 0 Å². The molecule has 1 N–H and O–H groups in total. The zero-order chi connectivity index (χ0) is 20.1. The van der Waals surface area contributed by atoms with Crippen molar-refractivity contribution in [3.8, 4) is 0 Å². The molecule has 0 amide bonds. The van der Waals surface area contributed by atoms with Crippen molar-refractivity contribution in [2.75, 3.05) is 0 Å². The number of hydrogen-bond donors (Lipinski definition) is 2. The first-order valence-electron chi connectivity index (χ1n) is 9.73. The number of aryl methyl sites for hydroxylation is 1. The molecule has 0 radical (unpaired) electrons. The lowest BCUT2D eigenvalue weighted by molar-refractivity contribution is 0.0702. The number of halogens is 1. The largest absolute Gasteiger partial charge is 0.477 e. The Bertz CT molecular complexity index is 849. The van der Waals surface area contributed by atoms with E-state index in [9.17, 15) is 4.79 Å². The minimum atomic E-state index is -0.830. The van der Waals surface area contributed by atoms with Crippen LogP contribution in [0.25, 0.3) is 6.08 Å². The number of allylic oxidation sites excluding steroid dienone is 1. The second-order valence-electron chi connectivity index (χ2n) is 7.58. The molecule has 6 heteroatoms. The molecular formula is C22H26ClNO2S2. The highest BCUT2D eigenvalue weighted by molar-refractivity contribution is 7.79. The molecule has 0 saturated heterocycles. The average Bonchev–Trinajstić information content (AvgIpc) is 3.27. The Hall–Kier alpha value is -1.30. The van der Waals surface area contributed by atoms with Crippen molar-refractivity contribution >= 4 is 47.6 Å². The van der Waals surface area contributed by atoms with Gasteiger partial charge >= 0.3 is 5.97 Å². The highest BCUT2D eigenvalue weighted by atomic mass is 35.5. The SMILES string of the molecule is C[C@@H]1CC[C@H](/C=C/c2cc(Cl)nc(CS)c2)[C@H]1CCCc1ccc(C(=O)O)s1. The summed E-state index contributed by atoms with van der Waals surface area (Å²) in [7, 11) is 0. The number of pyridine rings is 1. The van der Waals surface area contributed by atoms with Crippen molar-refractivity contribution in [1.29, 1.82) is 0 Å². The minimum Gasteiger partial charge on any atom is -0.477 e. The molecule has 1 aliphatic carbocycles. The lowest BCUT2D eigenvalue weighted by atomic mass is 9.85. The van der Waals surface area contributed by atoms with Crippen LogP contribution in [-0.4, -0.2) is 16.1 Å². The number of carboxylic acids is 1. The van der Waals surface area contributed by atoms with Gasteiger partial charge in [-0.05, 0) is 79.7 Å². The summed E-state index contributed by atoms with van der Waals surface area (Å²) < 4.78 is 0. The van der Waals surface area contributed by atoms with Gasteiger partial charge in [-0.25, -0.2) is 9.78 Å². The molecule has 3 atom stereocenters. The lowest BCUT2D eigenvalue weighted by Gasteiger charge is -2.20. The Morgan fingerprint density at radius 2 is 2.21 bits per heavy atom. The minimum absolute atomic E-state index is 0.432. The van der Waals surface area contributed by atoms with E-state index in [0.717, 1.165) is 30.0 Å². The summed E-state index contributed by atoms with van der Waals surface area (Å²) >= 11 is 11.8. The number of nitrogens with zero attached hydrogens (tertiary/aromatic N) is 1. The summed E-state index contributed by atoms with van der Waals surface area (Å²) in [5.74, 6) is 1.73. The molecule has 0 aromatic carbocycles. The van der Waals surface area contributed by atoms with E-state index in [1.807, 2.05) is 18.2 Å². The van der Waals surface area contributed by atoms with Gasteiger partial charge in [-0.1, -0.05) is 30.7 Å². The second kappa shape index (κ2) is 9.95. The Kier molecular flexibility index (Phi) is 7.61. The van der Waals surface area contributed by atoms with E-state index in [4.69, 9.17) is 16.7 Å². The van der Waals surface area contributed by atoms with Crippen molar-refractivity contribution in [2.24, 2.45) is 17.8 Å². The van der Waals surface area contributed by atoms with Gasteiger partial charge in [-0.2, -0.15) is 12.6 Å². The van der Waals surface area contributed by atoms with E-state index in [-0.39, 0.29) is 0 Å². The maximum absolute atomic E-state index is 11.0. The number of aromatic carboxylic acids is 1. The van der Waals surface area contributed by atoms with Gasteiger partial charge in [0.15, 0.2) is 0 Å². The van der Waals surface area contributed by atoms with Crippen LogP contribution in [0, 0.1) is 17.8 Å². The molecule has 28 heavy (non-hydrogen) atoms. The fraction of sp³-hybridized carbons (Fsp3) is 0.455. The van der Waals surface area contributed by atoms with E-state index in [1.165, 1.54) is 35.5 Å². The van der Waals surface area contributed by atoms with Crippen molar-refractivity contribution in [1.82, 2.24) is 4.98 Å². The van der Waals surface area contributed by atoms with Gasteiger partial charge in [-0.15, -0.1) is 11.3 Å². The van der Waals surface area contributed by atoms with Crippen molar-refractivity contribution in [3.05, 3.63) is 56.5 Å². The zero-order valence-electron chi connectivity index (χ0n) is 16.0. The molecule has 0 bridgehead atoms. The van der Waals surface area contributed by atoms with Crippen LogP contribution in [-0.2, 0) is 12.2 Å². The summed E-state index contributed by atoms with van der Waals surface area (Å²) in [6.07, 6.45) is 10.2. The van der Waals surface area contributed by atoms with Crippen LogP contribution >= 0.6 is 35.6 Å². The smallest absolute Gasteiger partial charge is 0.345 e. The topological polar surface area (TPSA) is 50.2 Å². The molecule has 1 fully saturated rings. The Balaban J connectivity index is 1.58. The highest BCUT2D eigenvalue weighted by Crippen LogP contribution is 2.41. The van der Waals surface area contributed by atoms with Gasteiger partial charge in [-0.3, -0.25) is 0 Å². The highest BCUT2D eigenvalue weighted by Gasteiger charge is 2.31. The lowest BCUT2D eigenvalue weighted by Crippen LogP contribution is -2.11. The van der Waals surface area contributed by atoms with Crippen LogP contribution in [0.2, 0.25) is 5.15 Å². The summed E-state index contributed by atoms with van der Waals surface area (Å²) in [6, 6.07) is 7.61. The molecule has 0 aliphatic heterocycles. The number of rotatable bonds is 8. The molecule has 3 nitrogen and oxygen atoms in total. The number of carboxylic acid groups (broad SMARTS) is 1. The van der Waals surface area contributed by atoms with Crippen LogP contribution in [0.1, 0.15) is 58.4 Å². The van der Waals surface area contributed by atoms with Crippen molar-refractivity contribution < 1.29 is 9.90 Å². The fourth-order valence-corrected chi connectivity index (χ4v) is 5.45. The van der Waals surface area contributed by atoms with E-state index in [1.54, 1.807) is 6.07 Å². The molecule has 1 aliphatic rings. The molecule has 2 heterocycles. The van der Waals surface area contributed by atoms with Gasteiger partial charge in [0.2, 0.25) is 0 Å². The molecule has 0 unspecified atom stereocenters. The van der Waals surface area contributed by atoms with E-state index in [0.29, 0.717) is 27.6 Å². The molecular weight excluding hydrogens is 410 g/mol. The Labute approximate surface area is 181 Å². The number of hydrogen-bond acceptors (Lipinski definition) is 4. The van der Waals surface area contributed by atoms with Gasteiger partial charge < -0.3 is 5.11 Å². The Morgan fingerprint density at radius 3 is 2.93 bits per heavy atom. The maximum Gasteiger partial charge on any atom is 0.345 e. The van der Waals surface area contributed by atoms with Crippen LogP contribution in [0.5, 0.6) is 0 Å². The zero-order valence-corrected chi connectivity index (χ0v) is 18.4. The van der Waals surface area contributed by atoms with Gasteiger partial charge in [0, 0.05) is 10.6 Å². The molecule has 1 saturated carbocycles. The van der Waals surface area contributed by atoms with E-state index < -0.39 is 5.97 Å². The molecule has 2 aromatic heterocycles. The third-order valence-electron chi connectivity index (χ3n) is 5.64. The van der Waals surface area contributed by atoms with Crippen molar-refractivity contribution in [3.63, 3.8) is 0 Å². The monoisotopic (exact) mass is 435 g/mol. The Morgan fingerprint density at radius 1 is 1.39 bits per heavy atom. The predicted molar refractivity (Wildman–Crippen MR) is 121 cm³/mol. The summed E-state index contributed by atoms with van der Waals surface area (Å²) in [5.41, 5.74) is 1.98. The quantitative estimate of drug-likeness (QED) is 0.361. The predicted octanol–water partition coefficient (Wildman–Crippen LogP) is 6.62. The molecule has 3 rings (SSSR count). The van der Waals surface area contributed by atoms with Crippen LogP contribution in [0.4, 0.5) is 0 Å². The molecule has 150 valence electrons. The maximum atomic E-state index is 11.0. The van der Waals surface area contributed by atoms with Gasteiger partial charge in [0.25, 0.3) is 0 Å². The first kappa shape index (κ1) is 21.4. The fourth-order valence-electron chi connectivity index (χ4n) is 4.17. The number of thiol groups is 1. The summed E-state index contributed by atoms with van der Waals surface area (Å²) in [5, 5.41) is 9.57.